The molecule has 0 bridgehead atoms. The molecule has 0 radical (unpaired) electrons. The number of aromatic nitrogens is 1. The van der Waals surface area contributed by atoms with E-state index in [-0.39, 0.29) is 12.7 Å². The molecule has 6 heteroatoms. The molecule has 1 aliphatic rings. The SMILES string of the molecule is C[C@@H]1CO[C@H](CO)CN1Cc1nc2ccc(Br)cc2o1. The Morgan fingerprint density at radius 1 is 1.50 bits per heavy atom. The highest BCUT2D eigenvalue weighted by atomic mass is 79.9. The lowest BCUT2D eigenvalue weighted by molar-refractivity contribution is -0.0823. The van der Waals surface area contributed by atoms with E-state index < -0.39 is 0 Å². The van der Waals surface area contributed by atoms with Crippen LogP contribution in [0.25, 0.3) is 11.1 Å². The average Bonchev–Trinajstić information content (AvgIpc) is 2.82. The zero-order chi connectivity index (χ0) is 14.1. The molecule has 5 nitrogen and oxygen atoms in total. The first-order valence-corrected chi connectivity index (χ1v) is 7.46. The lowest BCUT2D eigenvalue weighted by atomic mass is 10.2. The first kappa shape index (κ1) is 14.0. The molecule has 108 valence electrons. The zero-order valence-corrected chi connectivity index (χ0v) is 12.8. The summed E-state index contributed by atoms with van der Waals surface area (Å²) < 4.78 is 12.3. The third-order valence-corrected chi connectivity index (χ3v) is 4.06. The number of oxazole rings is 1. The van der Waals surface area contributed by atoms with E-state index in [0.29, 0.717) is 31.6 Å². The molecule has 1 N–H and O–H groups in total. The standard InChI is InChI=1S/C14H17BrN2O3/c1-9-8-19-11(7-18)5-17(9)6-14-16-12-3-2-10(15)4-13(12)20-14/h2-4,9,11,18H,5-8H2,1H3/t9-,11+/m1/s1. The number of aliphatic hydroxyl groups is 1. The van der Waals surface area contributed by atoms with Crippen molar-refractivity contribution in [2.75, 3.05) is 19.8 Å². The van der Waals surface area contributed by atoms with Crippen LogP contribution in [-0.2, 0) is 11.3 Å². The fourth-order valence-electron chi connectivity index (χ4n) is 2.39. The van der Waals surface area contributed by atoms with Crippen LogP contribution < -0.4 is 0 Å². The summed E-state index contributed by atoms with van der Waals surface area (Å²) in [5, 5.41) is 9.21. The van der Waals surface area contributed by atoms with Crippen LogP contribution in [0.1, 0.15) is 12.8 Å². The second-order valence-electron chi connectivity index (χ2n) is 5.14. The van der Waals surface area contributed by atoms with Crippen molar-refractivity contribution >= 4 is 27.0 Å². The number of ether oxygens (including phenoxy) is 1. The van der Waals surface area contributed by atoms with E-state index in [1.165, 1.54) is 0 Å². The van der Waals surface area contributed by atoms with Crippen LogP contribution in [0.3, 0.4) is 0 Å². The molecule has 1 aromatic heterocycles. The number of aliphatic hydroxyl groups excluding tert-OH is 1. The molecule has 2 aromatic rings. The zero-order valence-electron chi connectivity index (χ0n) is 11.3. The second-order valence-corrected chi connectivity index (χ2v) is 6.05. The van der Waals surface area contributed by atoms with E-state index in [4.69, 9.17) is 9.15 Å². The van der Waals surface area contributed by atoms with Gasteiger partial charge in [0.1, 0.15) is 5.52 Å². The van der Waals surface area contributed by atoms with Crippen LogP contribution >= 0.6 is 15.9 Å². The number of nitrogens with zero attached hydrogens (tertiary/aromatic N) is 2. The van der Waals surface area contributed by atoms with Gasteiger partial charge in [0.15, 0.2) is 5.58 Å². The van der Waals surface area contributed by atoms with Crippen molar-refractivity contribution in [2.45, 2.75) is 25.6 Å². The lowest BCUT2D eigenvalue weighted by Crippen LogP contribution is -2.48. The van der Waals surface area contributed by atoms with Gasteiger partial charge in [0.2, 0.25) is 5.89 Å². The molecular formula is C14H17BrN2O3. The minimum atomic E-state index is -0.121. The predicted octanol–water partition coefficient (Wildman–Crippen LogP) is 2.17. The van der Waals surface area contributed by atoms with Crippen molar-refractivity contribution < 1.29 is 14.3 Å². The highest BCUT2D eigenvalue weighted by Gasteiger charge is 2.26. The van der Waals surface area contributed by atoms with Gasteiger partial charge in [-0.2, -0.15) is 0 Å². The van der Waals surface area contributed by atoms with Crippen molar-refractivity contribution in [2.24, 2.45) is 0 Å². The molecule has 3 rings (SSSR count). The molecule has 0 spiro atoms. The van der Waals surface area contributed by atoms with Gasteiger partial charge in [-0.3, -0.25) is 4.90 Å². The van der Waals surface area contributed by atoms with Crippen LogP contribution in [-0.4, -0.2) is 46.9 Å². The first-order chi connectivity index (χ1) is 9.65. The maximum Gasteiger partial charge on any atom is 0.209 e. The number of morpholine rings is 1. The minimum Gasteiger partial charge on any atom is -0.439 e. The van der Waals surface area contributed by atoms with Crippen LogP contribution in [0, 0.1) is 0 Å². The van der Waals surface area contributed by atoms with Gasteiger partial charge in [0.05, 0.1) is 25.9 Å². The summed E-state index contributed by atoms with van der Waals surface area (Å²) in [6.07, 6.45) is -0.121. The Morgan fingerprint density at radius 3 is 3.15 bits per heavy atom. The molecule has 1 aliphatic heterocycles. The molecule has 0 aliphatic carbocycles. The van der Waals surface area contributed by atoms with Crippen molar-refractivity contribution in [3.63, 3.8) is 0 Å². The summed E-state index contributed by atoms with van der Waals surface area (Å²) in [5.41, 5.74) is 1.65. The highest BCUT2D eigenvalue weighted by molar-refractivity contribution is 9.10. The van der Waals surface area contributed by atoms with E-state index in [0.717, 1.165) is 15.6 Å². The normalized spacial score (nSPS) is 24.4. The van der Waals surface area contributed by atoms with E-state index in [1.807, 2.05) is 18.2 Å². The van der Waals surface area contributed by atoms with Crippen LogP contribution in [0.2, 0.25) is 0 Å². The first-order valence-electron chi connectivity index (χ1n) is 6.67. The molecule has 1 fully saturated rings. The number of hydrogen-bond acceptors (Lipinski definition) is 5. The average molecular weight is 341 g/mol. The van der Waals surface area contributed by atoms with Gasteiger partial charge >= 0.3 is 0 Å². The van der Waals surface area contributed by atoms with Gasteiger partial charge in [-0.05, 0) is 25.1 Å². The van der Waals surface area contributed by atoms with Crippen LogP contribution in [0.4, 0.5) is 0 Å². The number of hydrogen-bond donors (Lipinski definition) is 1. The molecule has 0 amide bonds. The Hall–Kier alpha value is -0.950. The number of fused-ring (bicyclic) bond motifs is 1. The maximum absolute atomic E-state index is 9.21. The maximum atomic E-state index is 9.21. The molecule has 0 unspecified atom stereocenters. The van der Waals surface area contributed by atoms with Gasteiger partial charge in [0, 0.05) is 17.1 Å². The summed E-state index contributed by atoms with van der Waals surface area (Å²) >= 11 is 3.42. The molecular weight excluding hydrogens is 324 g/mol. The van der Waals surface area contributed by atoms with Gasteiger partial charge in [-0.1, -0.05) is 15.9 Å². The summed E-state index contributed by atoms with van der Waals surface area (Å²) in [6.45, 7) is 4.10. The fourth-order valence-corrected chi connectivity index (χ4v) is 2.73. The van der Waals surface area contributed by atoms with Crippen molar-refractivity contribution in [3.05, 3.63) is 28.6 Å². The lowest BCUT2D eigenvalue weighted by Gasteiger charge is -2.36. The highest BCUT2D eigenvalue weighted by Crippen LogP contribution is 2.22. The Bertz CT molecular complexity index is 601. The summed E-state index contributed by atoms with van der Waals surface area (Å²) in [4.78, 5) is 6.73. The van der Waals surface area contributed by atoms with Crippen molar-refractivity contribution in [1.82, 2.24) is 9.88 Å². The van der Waals surface area contributed by atoms with Gasteiger partial charge in [0.25, 0.3) is 0 Å². The van der Waals surface area contributed by atoms with Gasteiger partial charge in [-0.15, -0.1) is 0 Å². The summed E-state index contributed by atoms with van der Waals surface area (Å²) in [6, 6.07) is 6.10. The number of rotatable bonds is 3. The van der Waals surface area contributed by atoms with Crippen molar-refractivity contribution in [3.8, 4) is 0 Å². The predicted molar refractivity (Wildman–Crippen MR) is 78.4 cm³/mol. The van der Waals surface area contributed by atoms with Gasteiger partial charge in [-0.25, -0.2) is 4.98 Å². The Balaban J connectivity index is 1.77. The molecule has 0 saturated carbocycles. The molecule has 2 atom stereocenters. The van der Waals surface area contributed by atoms with E-state index in [1.54, 1.807) is 0 Å². The van der Waals surface area contributed by atoms with E-state index in [9.17, 15) is 5.11 Å². The van der Waals surface area contributed by atoms with Crippen molar-refractivity contribution in [1.29, 1.82) is 0 Å². The molecule has 2 heterocycles. The number of halogens is 1. The number of benzene rings is 1. The summed E-state index contributed by atoms with van der Waals surface area (Å²) in [5.74, 6) is 0.698. The Morgan fingerprint density at radius 2 is 2.35 bits per heavy atom. The second kappa shape index (κ2) is 5.81. The molecule has 20 heavy (non-hydrogen) atoms. The monoisotopic (exact) mass is 340 g/mol. The van der Waals surface area contributed by atoms with E-state index in [2.05, 4.69) is 32.7 Å². The van der Waals surface area contributed by atoms with Crippen LogP contribution in [0.5, 0.6) is 0 Å². The smallest absolute Gasteiger partial charge is 0.209 e. The van der Waals surface area contributed by atoms with Crippen LogP contribution in [0.15, 0.2) is 27.1 Å². The fraction of sp³-hybridized carbons (Fsp3) is 0.500. The van der Waals surface area contributed by atoms with Gasteiger partial charge < -0.3 is 14.3 Å². The topological polar surface area (TPSA) is 58.7 Å². The third kappa shape index (κ3) is 2.88. The minimum absolute atomic E-state index is 0.0454. The largest absolute Gasteiger partial charge is 0.439 e. The summed E-state index contributed by atoms with van der Waals surface area (Å²) in [7, 11) is 0. The molecule has 1 aromatic carbocycles. The van der Waals surface area contributed by atoms with E-state index >= 15 is 0 Å². The third-order valence-electron chi connectivity index (χ3n) is 3.57. The Kier molecular flexibility index (Phi) is 4.07. The quantitative estimate of drug-likeness (QED) is 0.927. The molecule has 1 saturated heterocycles. The Labute approximate surface area is 125 Å².